The third-order valence-corrected chi connectivity index (χ3v) is 2.56. The van der Waals surface area contributed by atoms with E-state index in [1.807, 2.05) is 0 Å². The van der Waals surface area contributed by atoms with Gasteiger partial charge in [-0.2, -0.15) is 4.98 Å². The van der Waals surface area contributed by atoms with Crippen molar-refractivity contribution in [3.8, 4) is 0 Å². The van der Waals surface area contributed by atoms with Gasteiger partial charge in [0.1, 0.15) is 12.2 Å². The molecule has 1 aromatic rings. The van der Waals surface area contributed by atoms with E-state index in [9.17, 15) is 0 Å². The van der Waals surface area contributed by atoms with E-state index in [1.54, 1.807) is 7.11 Å². The highest BCUT2D eigenvalue weighted by Crippen LogP contribution is 2.42. The number of hydrogen-bond acceptors (Lipinski definition) is 5. The first-order valence-electron chi connectivity index (χ1n) is 4.30. The number of aliphatic hydroxyl groups excluding tert-OH is 1. The normalized spacial score (nSPS) is 19.8. The Morgan fingerprint density at radius 1 is 1.62 bits per heavy atom. The van der Waals surface area contributed by atoms with Gasteiger partial charge in [0, 0.05) is 7.11 Å². The van der Waals surface area contributed by atoms with E-state index >= 15 is 0 Å². The van der Waals surface area contributed by atoms with E-state index in [2.05, 4.69) is 10.1 Å². The Morgan fingerprint density at radius 2 is 2.38 bits per heavy atom. The van der Waals surface area contributed by atoms with Crippen LogP contribution in [-0.2, 0) is 16.9 Å². The van der Waals surface area contributed by atoms with Gasteiger partial charge in [0.25, 0.3) is 5.89 Å². The van der Waals surface area contributed by atoms with E-state index in [-0.39, 0.29) is 18.1 Å². The van der Waals surface area contributed by atoms with Gasteiger partial charge in [-0.15, -0.1) is 0 Å². The maximum absolute atomic E-state index is 8.74. The van der Waals surface area contributed by atoms with E-state index in [4.69, 9.17) is 14.4 Å². The molecule has 1 fully saturated rings. The fraction of sp³-hybridized carbons (Fsp3) is 0.750. The maximum atomic E-state index is 8.74. The third kappa shape index (κ3) is 1.24. The summed E-state index contributed by atoms with van der Waals surface area (Å²) in [5.74, 6) is 0.809. The largest absolute Gasteiger partial charge is 0.387 e. The first kappa shape index (κ1) is 8.65. The smallest absolute Gasteiger partial charge is 0.252 e. The Labute approximate surface area is 75.7 Å². The zero-order valence-corrected chi connectivity index (χ0v) is 7.49. The number of aromatic nitrogens is 2. The molecule has 72 valence electrons. The maximum Gasteiger partial charge on any atom is 0.252 e. The minimum absolute atomic E-state index is 0.215. The molecule has 1 heterocycles. The van der Waals surface area contributed by atoms with Crippen molar-refractivity contribution in [1.29, 1.82) is 0 Å². The monoisotopic (exact) mass is 184 g/mol. The van der Waals surface area contributed by atoms with Crippen LogP contribution in [0.2, 0.25) is 0 Å². The molecule has 2 rings (SSSR count). The van der Waals surface area contributed by atoms with Crippen molar-refractivity contribution in [3.05, 3.63) is 11.7 Å². The number of hydrogen-bond donors (Lipinski definition) is 1. The highest BCUT2D eigenvalue weighted by Gasteiger charge is 2.43. The van der Waals surface area contributed by atoms with E-state index in [0.29, 0.717) is 5.82 Å². The quantitative estimate of drug-likeness (QED) is 0.744. The van der Waals surface area contributed by atoms with E-state index in [1.165, 1.54) is 0 Å². The number of methoxy groups -OCH3 is 1. The average molecular weight is 184 g/mol. The molecule has 0 bridgehead atoms. The molecule has 5 heteroatoms. The lowest BCUT2D eigenvalue weighted by molar-refractivity contribution is -0.0858. The second kappa shape index (κ2) is 3.08. The predicted molar refractivity (Wildman–Crippen MR) is 42.8 cm³/mol. The van der Waals surface area contributed by atoms with Crippen LogP contribution >= 0.6 is 0 Å². The van der Waals surface area contributed by atoms with Crippen LogP contribution in [0.25, 0.3) is 0 Å². The van der Waals surface area contributed by atoms with Gasteiger partial charge < -0.3 is 14.4 Å². The average Bonchev–Trinajstić information content (AvgIpc) is 2.52. The van der Waals surface area contributed by atoms with Crippen LogP contribution in [0.4, 0.5) is 0 Å². The van der Waals surface area contributed by atoms with E-state index in [0.717, 1.165) is 19.3 Å². The second-order valence-electron chi connectivity index (χ2n) is 3.22. The summed E-state index contributed by atoms with van der Waals surface area (Å²) in [6, 6.07) is 0. The molecule has 1 saturated carbocycles. The topological polar surface area (TPSA) is 68.4 Å². The molecule has 0 unspecified atom stereocenters. The van der Waals surface area contributed by atoms with Gasteiger partial charge >= 0.3 is 0 Å². The molecule has 0 amide bonds. The van der Waals surface area contributed by atoms with Crippen LogP contribution in [0, 0.1) is 0 Å². The number of rotatable bonds is 3. The molecule has 0 aliphatic heterocycles. The zero-order valence-electron chi connectivity index (χ0n) is 7.49. The van der Waals surface area contributed by atoms with Crippen molar-refractivity contribution in [2.75, 3.05) is 7.11 Å². The summed E-state index contributed by atoms with van der Waals surface area (Å²) in [6.07, 6.45) is 2.97. The highest BCUT2D eigenvalue weighted by atomic mass is 16.5. The second-order valence-corrected chi connectivity index (χ2v) is 3.22. The summed E-state index contributed by atoms with van der Waals surface area (Å²) in [5, 5.41) is 12.5. The van der Waals surface area contributed by atoms with Crippen LogP contribution in [0.15, 0.2) is 4.52 Å². The van der Waals surface area contributed by atoms with Crippen LogP contribution in [0.5, 0.6) is 0 Å². The standard InChI is InChI=1S/C8H12N2O3/c1-12-8(3-2-4-8)7-9-6(5-11)13-10-7/h11H,2-5H2,1H3. The van der Waals surface area contributed by atoms with Crippen molar-refractivity contribution in [2.45, 2.75) is 31.5 Å². The van der Waals surface area contributed by atoms with Crippen molar-refractivity contribution in [1.82, 2.24) is 10.1 Å². The zero-order chi connectivity index (χ0) is 9.31. The SMILES string of the molecule is COC1(c2noc(CO)n2)CCC1. The van der Waals surface area contributed by atoms with Gasteiger partial charge in [0.15, 0.2) is 0 Å². The van der Waals surface area contributed by atoms with Gasteiger partial charge in [0.05, 0.1) is 0 Å². The first-order valence-corrected chi connectivity index (χ1v) is 4.30. The molecule has 0 aromatic carbocycles. The first-order chi connectivity index (χ1) is 6.30. The summed E-state index contributed by atoms with van der Waals surface area (Å²) in [5.41, 5.74) is -0.350. The summed E-state index contributed by atoms with van der Waals surface area (Å²) in [4.78, 5) is 4.04. The Kier molecular flexibility index (Phi) is 2.05. The number of aliphatic hydroxyl groups is 1. The molecule has 0 spiro atoms. The third-order valence-electron chi connectivity index (χ3n) is 2.56. The lowest BCUT2D eigenvalue weighted by Crippen LogP contribution is -2.37. The van der Waals surface area contributed by atoms with Crippen LogP contribution in [0.3, 0.4) is 0 Å². The summed E-state index contributed by atoms with van der Waals surface area (Å²) in [6.45, 7) is -0.215. The van der Waals surface area contributed by atoms with Crippen molar-refractivity contribution < 1.29 is 14.4 Å². The summed E-state index contributed by atoms with van der Waals surface area (Å²) < 4.78 is 10.2. The van der Waals surface area contributed by atoms with Crippen LogP contribution in [0.1, 0.15) is 31.0 Å². The predicted octanol–water partition coefficient (Wildman–Crippen LogP) is 0.588. The summed E-state index contributed by atoms with van der Waals surface area (Å²) >= 11 is 0. The molecule has 0 atom stereocenters. The Bertz CT molecular complexity index is 288. The van der Waals surface area contributed by atoms with Gasteiger partial charge in [-0.25, -0.2) is 0 Å². The molecule has 13 heavy (non-hydrogen) atoms. The highest BCUT2D eigenvalue weighted by molar-refractivity contribution is 5.06. The molecular weight excluding hydrogens is 172 g/mol. The summed E-state index contributed by atoms with van der Waals surface area (Å²) in [7, 11) is 1.65. The van der Waals surface area contributed by atoms with Crippen molar-refractivity contribution in [2.24, 2.45) is 0 Å². The molecular formula is C8H12N2O3. The van der Waals surface area contributed by atoms with Gasteiger partial charge in [-0.3, -0.25) is 0 Å². The lowest BCUT2D eigenvalue weighted by Gasteiger charge is -2.37. The molecule has 1 aromatic heterocycles. The molecule has 5 nitrogen and oxygen atoms in total. The number of ether oxygens (including phenoxy) is 1. The fourth-order valence-corrected chi connectivity index (χ4v) is 1.52. The molecule has 0 radical (unpaired) electrons. The minimum atomic E-state index is -0.350. The van der Waals surface area contributed by atoms with Crippen LogP contribution in [-0.4, -0.2) is 22.4 Å². The van der Waals surface area contributed by atoms with Crippen molar-refractivity contribution in [3.63, 3.8) is 0 Å². The van der Waals surface area contributed by atoms with Gasteiger partial charge in [-0.05, 0) is 19.3 Å². The van der Waals surface area contributed by atoms with E-state index < -0.39 is 0 Å². The van der Waals surface area contributed by atoms with Crippen molar-refractivity contribution >= 4 is 0 Å². The molecule has 1 aliphatic carbocycles. The lowest BCUT2D eigenvalue weighted by atomic mass is 9.79. The minimum Gasteiger partial charge on any atom is -0.387 e. The molecule has 1 N–H and O–H groups in total. The van der Waals surface area contributed by atoms with Crippen LogP contribution < -0.4 is 0 Å². The Hall–Kier alpha value is -0.940. The van der Waals surface area contributed by atoms with Gasteiger partial charge in [0.2, 0.25) is 5.82 Å². The molecule has 1 aliphatic rings. The number of nitrogens with zero attached hydrogens (tertiary/aromatic N) is 2. The Morgan fingerprint density at radius 3 is 2.77 bits per heavy atom. The van der Waals surface area contributed by atoms with Gasteiger partial charge in [-0.1, -0.05) is 5.16 Å². The molecule has 0 saturated heterocycles. The Balaban J connectivity index is 2.23. The fourth-order valence-electron chi connectivity index (χ4n) is 1.52.